The summed E-state index contributed by atoms with van der Waals surface area (Å²) in [6.45, 7) is 11.8. The molecule has 1 saturated heterocycles. The first-order chi connectivity index (χ1) is 21.1. The second-order valence-electron chi connectivity index (χ2n) is 12.6. The van der Waals surface area contributed by atoms with Crippen molar-refractivity contribution in [1.29, 1.82) is 0 Å². The molecule has 4 aromatic rings. The van der Waals surface area contributed by atoms with Crippen LogP contribution in [0.1, 0.15) is 39.3 Å². The minimum Gasteiger partial charge on any atom is -0.481 e. The molecule has 0 bridgehead atoms. The Labute approximate surface area is 258 Å². The van der Waals surface area contributed by atoms with Gasteiger partial charge < -0.3 is 24.8 Å². The van der Waals surface area contributed by atoms with Gasteiger partial charge in [0.25, 0.3) is 5.91 Å². The number of halogens is 1. The van der Waals surface area contributed by atoms with Gasteiger partial charge in [0.05, 0.1) is 11.7 Å². The largest absolute Gasteiger partial charge is 0.481 e. The summed E-state index contributed by atoms with van der Waals surface area (Å²) in [4.78, 5) is 16.6. The first-order valence-corrected chi connectivity index (χ1v) is 18.9. The van der Waals surface area contributed by atoms with Gasteiger partial charge in [0.15, 0.2) is 30.2 Å². The molecule has 2 N–H and O–H groups in total. The molecule has 13 heteroatoms. The average Bonchev–Trinajstić information content (AvgIpc) is 3.58. The van der Waals surface area contributed by atoms with Gasteiger partial charge in [0, 0.05) is 44.0 Å². The van der Waals surface area contributed by atoms with Crippen LogP contribution < -0.4 is 15.4 Å². The van der Waals surface area contributed by atoms with Crippen molar-refractivity contribution in [3.05, 3.63) is 48.4 Å². The van der Waals surface area contributed by atoms with Gasteiger partial charge in [-0.25, -0.2) is 13.8 Å². The molecular formula is C31H42FN7O4Si. The van der Waals surface area contributed by atoms with Gasteiger partial charge in [-0.3, -0.25) is 4.79 Å². The Morgan fingerprint density at radius 1 is 1.18 bits per heavy atom. The van der Waals surface area contributed by atoms with E-state index < -0.39 is 13.9 Å². The number of nitrogens with one attached hydrogen (secondary N) is 2. The minimum atomic E-state index is -1.28. The van der Waals surface area contributed by atoms with Crippen LogP contribution in [0.4, 0.5) is 16.0 Å². The van der Waals surface area contributed by atoms with E-state index in [1.54, 1.807) is 10.7 Å². The fourth-order valence-corrected chi connectivity index (χ4v) is 5.65. The molecule has 0 aliphatic carbocycles. The van der Waals surface area contributed by atoms with Gasteiger partial charge in [-0.15, -0.1) is 5.10 Å². The van der Waals surface area contributed by atoms with Crippen LogP contribution in [0.3, 0.4) is 0 Å². The van der Waals surface area contributed by atoms with Crippen molar-refractivity contribution in [2.24, 2.45) is 0 Å². The van der Waals surface area contributed by atoms with Gasteiger partial charge in [-0.1, -0.05) is 19.6 Å². The van der Waals surface area contributed by atoms with Crippen molar-refractivity contribution in [2.75, 3.05) is 25.1 Å². The quantitative estimate of drug-likeness (QED) is 0.136. The lowest BCUT2D eigenvalue weighted by molar-refractivity contribution is -0.123. The lowest BCUT2D eigenvalue weighted by Gasteiger charge is -2.23. The van der Waals surface area contributed by atoms with Crippen molar-refractivity contribution in [2.45, 2.75) is 77.8 Å². The number of hydrogen-bond donors (Lipinski definition) is 2. The van der Waals surface area contributed by atoms with Gasteiger partial charge >= 0.3 is 0 Å². The fraction of sp³-hybridized carbons (Fsp3) is 0.484. The molecule has 1 aliphatic heterocycles. The average molecular weight is 624 g/mol. The zero-order chi connectivity index (χ0) is 31.3. The summed E-state index contributed by atoms with van der Waals surface area (Å²) in [7, 11) is -1.28. The molecular weight excluding hydrogens is 581 g/mol. The van der Waals surface area contributed by atoms with Crippen molar-refractivity contribution in [1.82, 2.24) is 29.9 Å². The number of rotatable bonds is 13. The molecule has 236 valence electrons. The molecule has 44 heavy (non-hydrogen) atoms. The molecule has 1 amide bonds. The third-order valence-electron chi connectivity index (χ3n) is 7.16. The number of carbonyl (C=O) groups excluding carboxylic acids is 1. The van der Waals surface area contributed by atoms with Crippen LogP contribution in [-0.4, -0.2) is 64.4 Å². The Morgan fingerprint density at radius 3 is 2.75 bits per heavy atom. The lowest BCUT2D eigenvalue weighted by Crippen LogP contribution is -2.34. The molecule has 1 unspecified atom stereocenters. The molecule has 1 atom stereocenters. The van der Waals surface area contributed by atoms with E-state index in [2.05, 4.69) is 40.5 Å². The van der Waals surface area contributed by atoms with Crippen LogP contribution in [0.25, 0.3) is 22.3 Å². The fourth-order valence-electron chi connectivity index (χ4n) is 4.90. The third kappa shape index (κ3) is 8.21. The van der Waals surface area contributed by atoms with Crippen LogP contribution in [0.5, 0.6) is 5.75 Å². The highest BCUT2D eigenvalue weighted by atomic mass is 28.3. The van der Waals surface area contributed by atoms with Crippen LogP contribution >= 0.6 is 0 Å². The molecule has 1 fully saturated rings. The molecule has 11 nitrogen and oxygen atoms in total. The van der Waals surface area contributed by atoms with Crippen LogP contribution in [0.15, 0.2) is 42.6 Å². The van der Waals surface area contributed by atoms with Crippen LogP contribution in [0, 0.1) is 5.82 Å². The highest BCUT2D eigenvalue weighted by molar-refractivity contribution is 6.76. The third-order valence-corrected chi connectivity index (χ3v) is 8.86. The second-order valence-corrected chi connectivity index (χ2v) is 18.2. The number of hydrogen-bond acceptors (Lipinski definition) is 8. The van der Waals surface area contributed by atoms with Gasteiger partial charge in [0.2, 0.25) is 5.95 Å². The summed E-state index contributed by atoms with van der Waals surface area (Å²) >= 11 is 0. The molecule has 5 rings (SSSR count). The number of amides is 1. The van der Waals surface area contributed by atoms with Gasteiger partial charge in [-0.2, -0.15) is 10.1 Å². The predicted molar refractivity (Wildman–Crippen MR) is 170 cm³/mol. The van der Waals surface area contributed by atoms with E-state index >= 15 is 4.39 Å². The standard InChI is InChI=1S/C31H42FN7O4Si/c1-21(2)34-28(40)19-43-27-12-9-22(17-25(27)32)30-36-31(37-38(30)20-41-14-15-44(3,4)5)35-24-10-11-26-23(16-24)18-33-39(26)29-8-6-7-13-42-29/h9-12,16-18,21,29H,6-8,13-15,19-20H2,1-5H3,(H,34,40)(H,35,37). The normalized spacial score (nSPS) is 15.6. The topological polar surface area (TPSA) is 117 Å². The van der Waals surface area contributed by atoms with Crippen LogP contribution in [0.2, 0.25) is 25.7 Å². The number of aromatic nitrogens is 5. The van der Waals surface area contributed by atoms with Crippen molar-refractivity contribution < 1.29 is 23.4 Å². The van der Waals surface area contributed by atoms with Crippen molar-refractivity contribution >= 4 is 36.5 Å². The molecule has 1 aliphatic rings. The SMILES string of the molecule is CC(C)NC(=O)COc1ccc(-c2nc(Nc3ccc4c(cnn4C4CCCCO4)c3)nn2COCC[Si](C)(C)C)cc1F. The molecule has 2 aromatic heterocycles. The minimum absolute atomic E-state index is 0.0177. The summed E-state index contributed by atoms with van der Waals surface area (Å²) in [6, 6.07) is 11.4. The zero-order valence-corrected chi connectivity index (χ0v) is 27.1. The van der Waals surface area contributed by atoms with E-state index in [0.29, 0.717) is 23.9 Å². The van der Waals surface area contributed by atoms with Gasteiger partial charge in [-0.05, 0) is 75.6 Å². The van der Waals surface area contributed by atoms with E-state index in [1.807, 2.05) is 42.9 Å². The summed E-state index contributed by atoms with van der Waals surface area (Å²) in [5.74, 6) is -0.153. The smallest absolute Gasteiger partial charge is 0.258 e. The van der Waals surface area contributed by atoms with E-state index in [1.165, 1.54) is 12.1 Å². The Bertz CT molecular complexity index is 1580. The van der Waals surface area contributed by atoms with Crippen molar-refractivity contribution in [3.63, 3.8) is 0 Å². The maximum atomic E-state index is 15.1. The lowest BCUT2D eigenvalue weighted by atomic mass is 10.2. The maximum absolute atomic E-state index is 15.1. The monoisotopic (exact) mass is 623 g/mol. The highest BCUT2D eigenvalue weighted by Crippen LogP contribution is 2.30. The van der Waals surface area contributed by atoms with E-state index in [-0.39, 0.29) is 37.3 Å². The van der Waals surface area contributed by atoms with Crippen molar-refractivity contribution in [3.8, 4) is 17.1 Å². The zero-order valence-electron chi connectivity index (χ0n) is 26.1. The summed E-state index contributed by atoms with van der Waals surface area (Å²) in [5, 5.41) is 16.2. The van der Waals surface area contributed by atoms with Crippen LogP contribution in [-0.2, 0) is 21.0 Å². The maximum Gasteiger partial charge on any atom is 0.258 e. The van der Waals surface area contributed by atoms with Gasteiger partial charge in [0.1, 0.15) is 6.73 Å². The number of fused-ring (bicyclic) bond motifs is 1. The summed E-state index contributed by atoms with van der Waals surface area (Å²) in [5.41, 5.74) is 2.29. The first-order valence-electron chi connectivity index (χ1n) is 15.2. The predicted octanol–water partition coefficient (Wildman–Crippen LogP) is 6.09. The number of ether oxygens (including phenoxy) is 3. The number of benzene rings is 2. The van der Waals surface area contributed by atoms with E-state index in [9.17, 15) is 4.79 Å². The number of anilines is 2. The molecule has 0 saturated carbocycles. The second kappa shape index (κ2) is 13.9. The number of nitrogens with zero attached hydrogens (tertiary/aromatic N) is 5. The Morgan fingerprint density at radius 2 is 2.02 bits per heavy atom. The summed E-state index contributed by atoms with van der Waals surface area (Å²) in [6.07, 6.45) is 4.94. The molecule has 0 spiro atoms. The first kappa shape index (κ1) is 31.6. The molecule has 3 heterocycles. The number of carbonyl (C=O) groups is 1. The Hall–Kier alpha value is -3.81. The molecule has 2 aromatic carbocycles. The highest BCUT2D eigenvalue weighted by Gasteiger charge is 2.20. The van der Waals surface area contributed by atoms with E-state index in [0.717, 1.165) is 48.5 Å². The molecule has 0 radical (unpaired) electrons. The van der Waals surface area contributed by atoms with E-state index in [4.69, 9.17) is 19.2 Å². The Kier molecular flexibility index (Phi) is 9.96. The summed E-state index contributed by atoms with van der Waals surface area (Å²) < 4.78 is 36.0. The Balaban J connectivity index is 1.35.